The summed E-state index contributed by atoms with van der Waals surface area (Å²) in [5, 5.41) is 0. The molecule has 0 aliphatic carbocycles. The normalized spacial score (nSPS) is 11.6. The minimum Gasteiger partial charge on any atom is -0.491 e. The maximum atomic E-state index is 14.0. The van der Waals surface area contributed by atoms with Crippen molar-refractivity contribution in [1.82, 2.24) is 0 Å². The maximum Gasteiger partial charge on any atom is 0.343 e. The van der Waals surface area contributed by atoms with Gasteiger partial charge >= 0.3 is 5.97 Å². The number of benzene rings is 4. The SMILES string of the molecule is CCOc1ccc(OC(=O)c2ccc(-c3ccc(CC(C)c4ccccc4)cc3)cc2)cc1F. The van der Waals surface area contributed by atoms with Gasteiger partial charge in [-0.1, -0.05) is 73.7 Å². The van der Waals surface area contributed by atoms with Gasteiger partial charge in [-0.3, -0.25) is 0 Å². The van der Waals surface area contributed by atoms with Crippen molar-refractivity contribution in [3.8, 4) is 22.6 Å². The monoisotopic (exact) mass is 454 g/mol. The molecule has 0 aliphatic heterocycles. The van der Waals surface area contributed by atoms with E-state index < -0.39 is 11.8 Å². The van der Waals surface area contributed by atoms with Gasteiger partial charge < -0.3 is 9.47 Å². The summed E-state index contributed by atoms with van der Waals surface area (Å²) < 4.78 is 24.5. The smallest absolute Gasteiger partial charge is 0.343 e. The van der Waals surface area contributed by atoms with Crippen molar-refractivity contribution >= 4 is 5.97 Å². The Morgan fingerprint density at radius 1 is 0.853 bits per heavy atom. The van der Waals surface area contributed by atoms with Crippen LogP contribution in [0.2, 0.25) is 0 Å². The van der Waals surface area contributed by atoms with Crippen molar-refractivity contribution in [1.29, 1.82) is 0 Å². The number of hydrogen-bond donors (Lipinski definition) is 0. The lowest BCUT2D eigenvalue weighted by Crippen LogP contribution is -2.08. The standard InChI is InChI=1S/C30H27FO3/c1-3-33-29-18-17-27(20-28(29)31)34-30(32)26-15-13-25(14-16-26)24-11-9-22(10-12-24)19-21(2)23-7-5-4-6-8-23/h4-18,20-21H,3,19H2,1-2H3. The van der Waals surface area contributed by atoms with Gasteiger partial charge in [-0.05, 0) is 65.8 Å². The summed E-state index contributed by atoms with van der Waals surface area (Å²) in [4.78, 5) is 12.5. The topological polar surface area (TPSA) is 35.5 Å². The molecule has 1 atom stereocenters. The first kappa shape index (κ1) is 23.2. The molecule has 1 unspecified atom stereocenters. The molecule has 4 aromatic carbocycles. The van der Waals surface area contributed by atoms with Gasteiger partial charge in [-0.2, -0.15) is 0 Å². The van der Waals surface area contributed by atoms with Crippen molar-refractivity contribution in [2.45, 2.75) is 26.2 Å². The number of carbonyl (C=O) groups is 1. The van der Waals surface area contributed by atoms with E-state index in [4.69, 9.17) is 9.47 Å². The Kier molecular flexibility index (Phi) is 7.38. The molecule has 0 saturated carbocycles. The first-order valence-electron chi connectivity index (χ1n) is 11.4. The molecule has 0 heterocycles. The number of ether oxygens (including phenoxy) is 2. The van der Waals surface area contributed by atoms with Crippen LogP contribution in [-0.2, 0) is 6.42 Å². The molecule has 172 valence electrons. The van der Waals surface area contributed by atoms with Gasteiger partial charge in [0.15, 0.2) is 11.6 Å². The zero-order valence-corrected chi connectivity index (χ0v) is 19.3. The Balaban J connectivity index is 1.39. The molecular formula is C30H27FO3. The van der Waals surface area contributed by atoms with E-state index in [1.807, 2.05) is 18.2 Å². The highest BCUT2D eigenvalue weighted by Gasteiger charge is 2.12. The highest BCUT2D eigenvalue weighted by Crippen LogP contribution is 2.26. The molecule has 0 fully saturated rings. The second-order valence-corrected chi connectivity index (χ2v) is 8.20. The zero-order valence-electron chi connectivity index (χ0n) is 19.3. The number of hydrogen-bond acceptors (Lipinski definition) is 3. The summed E-state index contributed by atoms with van der Waals surface area (Å²) in [6.07, 6.45) is 0.973. The highest BCUT2D eigenvalue weighted by molar-refractivity contribution is 5.91. The number of halogens is 1. The van der Waals surface area contributed by atoms with Gasteiger partial charge in [0, 0.05) is 6.07 Å². The van der Waals surface area contributed by atoms with E-state index in [1.165, 1.54) is 23.3 Å². The van der Waals surface area contributed by atoms with Crippen LogP contribution in [0.3, 0.4) is 0 Å². The van der Waals surface area contributed by atoms with E-state index in [0.29, 0.717) is 18.1 Å². The van der Waals surface area contributed by atoms with E-state index in [-0.39, 0.29) is 11.5 Å². The van der Waals surface area contributed by atoms with Gasteiger partial charge in [0.05, 0.1) is 12.2 Å². The molecule has 4 rings (SSSR count). The minimum atomic E-state index is -0.566. The average molecular weight is 455 g/mol. The first-order chi connectivity index (χ1) is 16.5. The second kappa shape index (κ2) is 10.8. The fourth-order valence-corrected chi connectivity index (χ4v) is 3.87. The highest BCUT2D eigenvalue weighted by atomic mass is 19.1. The van der Waals surface area contributed by atoms with Crippen LogP contribution in [0.4, 0.5) is 4.39 Å². The minimum absolute atomic E-state index is 0.132. The lowest BCUT2D eigenvalue weighted by Gasteiger charge is -2.12. The third kappa shape index (κ3) is 5.70. The fraction of sp³-hybridized carbons (Fsp3) is 0.167. The average Bonchev–Trinajstić information content (AvgIpc) is 2.87. The third-order valence-electron chi connectivity index (χ3n) is 5.73. The van der Waals surface area contributed by atoms with Crippen LogP contribution < -0.4 is 9.47 Å². The largest absolute Gasteiger partial charge is 0.491 e. The first-order valence-corrected chi connectivity index (χ1v) is 11.4. The van der Waals surface area contributed by atoms with Crippen LogP contribution in [0.1, 0.15) is 41.3 Å². The van der Waals surface area contributed by atoms with Gasteiger partial charge in [0.1, 0.15) is 5.75 Å². The Morgan fingerprint density at radius 2 is 1.50 bits per heavy atom. The van der Waals surface area contributed by atoms with Crippen molar-refractivity contribution in [2.24, 2.45) is 0 Å². The lowest BCUT2D eigenvalue weighted by molar-refractivity contribution is 0.0734. The van der Waals surface area contributed by atoms with E-state index in [2.05, 4.69) is 55.5 Å². The number of rotatable bonds is 8. The van der Waals surface area contributed by atoms with Crippen LogP contribution >= 0.6 is 0 Å². The summed E-state index contributed by atoms with van der Waals surface area (Å²) in [5.41, 5.74) is 5.09. The second-order valence-electron chi connectivity index (χ2n) is 8.20. The van der Waals surface area contributed by atoms with Crippen molar-refractivity contribution in [2.75, 3.05) is 6.61 Å². The van der Waals surface area contributed by atoms with E-state index in [1.54, 1.807) is 19.1 Å². The predicted molar refractivity (Wildman–Crippen MR) is 133 cm³/mol. The molecule has 3 nitrogen and oxygen atoms in total. The number of carbonyl (C=O) groups excluding carboxylic acids is 1. The number of esters is 1. The molecule has 0 spiro atoms. The Labute approximate surface area is 199 Å². The van der Waals surface area contributed by atoms with Crippen molar-refractivity contribution in [3.63, 3.8) is 0 Å². The molecule has 0 radical (unpaired) electrons. The molecule has 34 heavy (non-hydrogen) atoms. The molecule has 0 N–H and O–H groups in total. The molecular weight excluding hydrogens is 427 g/mol. The van der Waals surface area contributed by atoms with Crippen LogP contribution in [-0.4, -0.2) is 12.6 Å². The van der Waals surface area contributed by atoms with Crippen LogP contribution in [0.25, 0.3) is 11.1 Å². The fourth-order valence-electron chi connectivity index (χ4n) is 3.87. The summed E-state index contributed by atoms with van der Waals surface area (Å²) in [6, 6.07) is 30.3. The summed E-state index contributed by atoms with van der Waals surface area (Å²) in [5.74, 6) is -0.395. The zero-order chi connectivity index (χ0) is 23.9. The molecule has 4 heteroatoms. The summed E-state index contributed by atoms with van der Waals surface area (Å²) in [7, 11) is 0. The summed E-state index contributed by atoms with van der Waals surface area (Å²) >= 11 is 0. The van der Waals surface area contributed by atoms with Crippen molar-refractivity contribution < 1.29 is 18.7 Å². The van der Waals surface area contributed by atoms with Crippen LogP contribution in [0.5, 0.6) is 11.5 Å². The predicted octanol–water partition coefficient (Wildman–Crippen LogP) is 7.46. The lowest BCUT2D eigenvalue weighted by atomic mass is 9.93. The molecule has 0 aliphatic rings. The summed E-state index contributed by atoms with van der Waals surface area (Å²) in [6.45, 7) is 4.37. The van der Waals surface area contributed by atoms with E-state index in [0.717, 1.165) is 23.6 Å². The van der Waals surface area contributed by atoms with Gasteiger partial charge in [-0.15, -0.1) is 0 Å². The molecule has 0 bridgehead atoms. The van der Waals surface area contributed by atoms with Gasteiger partial charge in [-0.25, -0.2) is 9.18 Å². The quantitative estimate of drug-likeness (QED) is 0.205. The Morgan fingerprint density at radius 3 is 2.12 bits per heavy atom. The van der Waals surface area contributed by atoms with E-state index >= 15 is 0 Å². The van der Waals surface area contributed by atoms with Crippen LogP contribution in [0.15, 0.2) is 97.1 Å². The molecule has 0 saturated heterocycles. The van der Waals surface area contributed by atoms with Crippen molar-refractivity contribution in [3.05, 3.63) is 120 Å². The maximum absolute atomic E-state index is 14.0. The van der Waals surface area contributed by atoms with Crippen LogP contribution in [0, 0.1) is 5.82 Å². The third-order valence-corrected chi connectivity index (χ3v) is 5.73. The van der Waals surface area contributed by atoms with Gasteiger partial charge in [0.25, 0.3) is 0 Å². The van der Waals surface area contributed by atoms with Gasteiger partial charge in [0.2, 0.25) is 0 Å². The Hall–Kier alpha value is -3.92. The molecule has 4 aromatic rings. The van der Waals surface area contributed by atoms with E-state index in [9.17, 15) is 9.18 Å². The molecule has 0 amide bonds. The Bertz CT molecular complexity index is 1230. The molecule has 0 aromatic heterocycles.